The number of likely N-dealkylation sites (N-methyl/N-ethyl adjacent to an activating group) is 2. The third-order valence-corrected chi connectivity index (χ3v) is 17.6. The minimum absolute atomic E-state index is 0.00487. The fourth-order valence-corrected chi connectivity index (χ4v) is 12.4. The molecule has 0 spiro atoms. The first-order valence-corrected chi connectivity index (χ1v) is 30.7. The number of nitrogens with one attached hydrogen (secondary N) is 2. The number of benzene rings is 2. The van der Waals surface area contributed by atoms with Crippen LogP contribution in [0.2, 0.25) is 0 Å². The Balaban J connectivity index is 1.13. The molecule has 0 aromatic heterocycles. The van der Waals surface area contributed by atoms with Gasteiger partial charge in [0.05, 0.1) is 37.9 Å². The van der Waals surface area contributed by atoms with Crippen LogP contribution < -0.4 is 20.1 Å². The van der Waals surface area contributed by atoms with E-state index in [1.54, 1.807) is 79.0 Å². The molecule has 2 aromatic rings. The highest BCUT2D eigenvalue weighted by atomic mass is 19.2. The number of Topliss-reactive ketones (excluding diaryl/α,β-unsaturated/α-hetero) is 3. The summed E-state index contributed by atoms with van der Waals surface area (Å²) in [7, 11) is 2.84. The standard InChI is InChI=1S/C65H91F4N7O14/c1-35(72(15)60(85)89-64(9,10)11)50(78)30-43(62(3,4)5)58(83)74-25-23-41-42(27-37(53(41)74)33-87-39-17-19-44(66)46(68)28-39)51(79)31-70-57(82)49(77)21-22-52(80)76-32-38(34-88-40-18-20-45(67)47(69)29-40)54-48(76)24-26-75(54)59(84)55(63(6,7)8)71-56(81)36(2)73(16)61(86)90-65(12,13)14/h17-20,28-29,35-38,41-43,48,53-55H,21-27,30-34H2,1-16H3,(H,70,82)(H,71,81)/t35-,36-,37+,38+,41-,42?,43+,48+,53+,54+,55+/m0/s1. The molecule has 6 rings (SSSR count). The summed E-state index contributed by atoms with van der Waals surface area (Å²) >= 11 is 0. The maximum Gasteiger partial charge on any atom is 0.410 e. The minimum atomic E-state index is -1.16. The fraction of sp³-hybridized carbons (Fsp3) is 0.662. The van der Waals surface area contributed by atoms with Crippen LogP contribution in [-0.2, 0) is 47.8 Å². The Morgan fingerprint density at radius 1 is 0.622 bits per heavy atom. The van der Waals surface area contributed by atoms with Gasteiger partial charge in [0, 0.05) is 94.8 Å². The molecule has 25 heteroatoms. The monoisotopic (exact) mass is 1270 g/mol. The Labute approximate surface area is 524 Å². The zero-order valence-electron chi connectivity index (χ0n) is 54.8. The highest BCUT2D eigenvalue weighted by molar-refractivity contribution is 6.36. The fourth-order valence-electron chi connectivity index (χ4n) is 12.4. The van der Waals surface area contributed by atoms with Gasteiger partial charge in [0.15, 0.2) is 34.8 Å². The van der Waals surface area contributed by atoms with E-state index in [0.717, 1.165) is 29.2 Å². The molecule has 3 aliphatic heterocycles. The number of halogens is 4. The van der Waals surface area contributed by atoms with Crippen LogP contribution in [0.3, 0.4) is 0 Å². The van der Waals surface area contributed by atoms with E-state index < -0.39 is 178 Å². The van der Waals surface area contributed by atoms with Gasteiger partial charge >= 0.3 is 12.2 Å². The summed E-state index contributed by atoms with van der Waals surface area (Å²) in [6.07, 6.45) is -1.97. The Morgan fingerprint density at radius 2 is 1.13 bits per heavy atom. The van der Waals surface area contributed by atoms with Gasteiger partial charge in [-0.2, -0.15) is 0 Å². The number of fused-ring (bicyclic) bond motifs is 2. The van der Waals surface area contributed by atoms with Crippen molar-refractivity contribution in [3.8, 4) is 11.5 Å². The first kappa shape index (κ1) is 71.7. The largest absolute Gasteiger partial charge is 0.493 e. The van der Waals surface area contributed by atoms with Crippen LogP contribution in [0.25, 0.3) is 0 Å². The molecule has 90 heavy (non-hydrogen) atoms. The molecule has 2 N–H and O–H groups in total. The smallest absolute Gasteiger partial charge is 0.410 e. The number of ketones is 3. The van der Waals surface area contributed by atoms with Gasteiger partial charge in [0.1, 0.15) is 34.8 Å². The van der Waals surface area contributed by atoms with Crippen molar-refractivity contribution in [1.29, 1.82) is 0 Å². The minimum Gasteiger partial charge on any atom is -0.493 e. The lowest BCUT2D eigenvalue weighted by atomic mass is 9.76. The molecule has 21 nitrogen and oxygen atoms in total. The molecular weight excluding hydrogens is 1180 g/mol. The topological polar surface area (TPSA) is 248 Å². The van der Waals surface area contributed by atoms with Crippen molar-refractivity contribution < 1.29 is 84.5 Å². The normalized spacial score (nSPS) is 22.1. The molecule has 3 heterocycles. The van der Waals surface area contributed by atoms with Crippen LogP contribution >= 0.6 is 0 Å². The molecule has 7 amide bonds. The van der Waals surface area contributed by atoms with Crippen molar-refractivity contribution in [2.24, 2.45) is 40.4 Å². The zero-order valence-corrected chi connectivity index (χ0v) is 54.8. The van der Waals surface area contributed by atoms with Crippen LogP contribution in [0.1, 0.15) is 135 Å². The molecule has 1 unspecified atom stereocenters. The highest BCUT2D eigenvalue weighted by Gasteiger charge is 2.56. The van der Waals surface area contributed by atoms with Crippen molar-refractivity contribution >= 4 is 59.1 Å². The van der Waals surface area contributed by atoms with Gasteiger partial charge in [-0.15, -0.1) is 0 Å². The molecular formula is C65H91F4N7O14. The average molecular weight is 1270 g/mol. The van der Waals surface area contributed by atoms with Crippen molar-refractivity contribution in [2.75, 3.05) is 53.5 Å². The number of hydrogen-bond acceptors (Lipinski definition) is 14. The zero-order chi connectivity index (χ0) is 67.4. The molecule has 4 aliphatic rings. The first-order valence-electron chi connectivity index (χ1n) is 30.7. The molecule has 0 bridgehead atoms. The van der Waals surface area contributed by atoms with Crippen LogP contribution in [-0.4, -0.2) is 185 Å². The van der Waals surface area contributed by atoms with E-state index in [2.05, 4.69) is 10.6 Å². The van der Waals surface area contributed by atoms with E-state index in [1.807, 2.05) is 20.8 Å². The molecule has 2 aromatic carbocycles. The summed E-state index contributed by atoms with van der Waals surface area (Å²) in [4.78, 5) is 146. The van der Waals surface area contributed by atoms with Crippen LogP contribution in [0.4, 0.5) is 27.2 Å². The molecule has 3 saturated heterocycles. The lowest BCUT2D eigenvalue weighted by Crippen LogP contribution is -2.60. The summed E-state index contributed by atoms with van der Waals surface area (Å²) in [6, 6.07) is 0.867. The van der Waals surface area contributed by atoms with Crippen molar-refractivity contribution in [1.82, 2.24) is 35.1 Å². The van der Waals surface area contributed by atoms with Gasteiger partial charge < -0.3 is 49.2 Å². The van der Waals surface area contributed by atoms with Gasteiger partial charge in [-0.3, -0.25) is 43.3 Å². The quantitative estimate of drug-likeness (QED) is 0.0848. The molecule has 498 valence electrons. The van der Waals surface area contributed by atoms with Crippen LogP contribution in [0.15, 0.2) is 36.4 Å². The number of carbonyl (C=O) groups excluding carboxylic acids is 10. The Kier molecular flexibility index (Phi) is 22.7. The summed E-state index contributed by atoms with van der Waals surface area (Å²) < 4.78 is 79.3. The van der Waals surface area contributed by atoms with E-state index in [9.17, 15) is 65.5 Å². The lowest BCUT2D eigenvalue weighted by Gasteiger charge is -2.38. The highest BCUT2D eigenvalue weighted by Crippen LogP contribution is 2.48. The number of rotatable bonds is 22. The number of carbonyl (C=O) groups is 10. The average Bonchev–Trinajstić information content (AvgIpc) is 1.61. The van der Waals surface area contributed by atoms with E-state index in [4.69, 9.17) is 18.9 Å². The number of nitrogens with zero attached hydrogens (tertiary/aromatic N) is 5. The molecule has 4 fully saturated rings. The number of likely N-dealkylation sites (tertiary alicyclic amines) is 3. The summed E-state index contributed by atoms with van der Waals surface area (Å²) in [5.41, 5.74) is -3.33. The second-order valence-electron chi connectivity index (χ2n) is 28.5. The van der Waals surface area contributed by atoms with Crippen molar-refractivity contribution in [2.45, 2.75) is 183 Å². The van der Waals surface area contributed by atoms with Crippen molar-refractivity contribution in [3.63, 3.8) is 0 Å². The summed E-state index contributed by atoms with van der Waals surface area (Å²) in [5, 5.41) is 5.26. The number of hydrogen-bond donors (Lipinski definition) is 2. The second kappa shape index (κ2) is 28.4. The SMILES string of the molecule is C[C@@H](C(=O)C[C@H](C(=O)N1CC[C@H]2C(C(=O)CNC(=O)C(=O)CCC(=O)N3C[C@H](COc4ccc(F)c(F)c4)[C@@H]4[C@H]3CCN4C(=O)[C@@H](NC(=O)[C@H](C)N(C)C(=O)OC(C)(C)C)C(C)(C)C)C[C@H](COc3ccc(F)c(F)c3)[C@H]21)C(C)(C)C)N(C)C(=O)OC(C)(C)C. The van der Waals surface area contributed by atoms with Gasteiger partial charge in [-0.05, 0) is 116 Å². The van der Waals surface area contributed by atoms with Gasteiger partial charge in [-0.25, -0.2) is 27.2 Å². The number of ether oxygens (including phenoxy) is 4. The predicted molar refractivity (Wildman–Crippen MR) is 321 cm³/mol. The Bertz CT molecular complexity index is 2850. The maximum atomic E-state index is 14.9. The van der Waals surface area contributed by atoms with Gasteiger partial charge in [0.25, 0.3) is 5.91 Å². The molecule has 1 aliphatic carbocycles. The van der Waals surface area contributed by atoms with Crippen LogP contribution in [0.5, 0.6) is 11.5 Å². The van der Waals surface area contributed by atoms with Gasteiger partial charge in [-0.1, -0.05) is 41.5 Å². The summed E-state index contributed by atoms with van der Waals surface area (Å²) in [5.74, 6) is -12.8. The maximum absolute atomic E-state index is 14.9. The predicted octanol–water partition coefficient (Wildman–Crippen LogP) is 7.68. The molecule has 11 atom stereocenters. The lowest BCUT2D eigenvalue weighted by molar-refractivity contribution is -0.144. The Morgan fingerprint density at radius 3 is 1.64 bits per heavy atom. The molecule has 0 radical (unpaired) electrons. The van der Waals surface area contributed by atoms with E-state index >= 15 is 0 Å². The van der Waals surface area contributed by atoms with Crippen molar-refractivity contribution in [3.05, 3.63) is 59.7 Å². The van der Waals surface area contributed by atoms with E-state index in [0.29, 0.717) is 6.42 Å². The van der Waals surface area contributed by atoms with E-state index in [1.165, 1.54) is 43.0 Å². The summed E-state index contributed by atoms with van der Waals surface area (Å²) in [6.45, 7) is 23.3. The van der Waals surface area contributed by atoms with Crippen LogP contribution in [0, 0.1) is 63.7 Å². The number of amides is 7. The second-order valence-corrected chi connectivity index (χ2v) is 28.5. The Hall–Kier alpha value is -7.34. The first-order chi connectivity index (χ1) is 41.6. The van der Waals surface area contributed by atoms with E-state index in [-0.39, 0.29) is 75.3 Å². The molecule has 1 saturated carbocycles. The third-order valence-electron chi connectivity index (χ3n) is 17.6. The van der Waals surface area contributed by atoms with Gasteiger partial charge in [0.2, 0.25) is 29.4 Å². The third kappa shape index (κ3) is 17.6.